The Balaban J connectivity index is 1.82. The number of rotatable bonds is 5. The molecule has 0 unspecified atom stereocenters. The van der Waals surface area contributed by atoms with E-state index >= 15 is 0 Å². The average molecular weight is 329 g/mol. The van der Waals surface area contributed by atoms with E-state index in [2.05, 4.69) is 36.7 Å². The molecule has 98 valence electrons. The molecule has 6 heteroatoms. The molecule has 0 fully saturated rings. The Labute approximate surface area is 120 Å². The second-order valence-corrected chi connectivity index (χ2v) is 6.11. The smallest absolute Gasteiger partial charge is 0.0897 e. The summed E-state index contributed by atoms with van der Waals surface area (Å²) in [7, 11) is 1.97. The lowest BCUT2D eigenvalue weighted by Crippen LogP contribution is -2.19. The lowest BCUT2D eigenvalue weighted by Gasteiger charge is -2.05. The van der Waals surface area contributed by atoms with Crippen molar-refractivity contribution in [3.8, 4) is 0 Å². The van der Waals surface area contributed by atoms with Crippen LogP contribution in [0, 0.1) is 13.8 Å². The van der Waals surface area contributed by atoms with E-state index in [1.54, 1.807) is 11.3 Å². The van der Waals surface area contributed by atoms with Gasteiger partial charge in [0.15, 0.2) is 0 Å². The first-order valence-corrected chi connectivity index (χ1v) is 7.55. The van der Waals surface area contributed by atoms with Crippen LogP contribution in [0.15, 0.2) is 9.85 Å². The van der Waals surface area contributed by atoms with E-state index in [0.717, 1.165) is 34.7 Å². The molecule has 1 N–H and O–H groups in total. The molecule has 0 amide bonds. The van der Waals surface area contributed by atoms with E-state index in [-0.39, 0.29) is 0 Å². The zero-order valence-electron chi connectivity index (χ0n) is 10.8. The fourth-order valence-electron chi connectivity index (χ4n) is 1.82. The van der Waals surface area contributed by atoms with Crippen LogP contribution in [0.2, 0.25) is 0 Å². The van der Waals surface area contributed by atoms with E-state index in [4.69, 9.17) is 0 Å². The summed E-state index contributed by atoms with van der Waals surface area (Å²) in [6, 6.07) is 0. The first kappa shape index (κ1) is 13.7. The summed E-state index contributed by atoms with van der Waals surface area (Å²) in [6.07, 6.45) is 0.971. The molecule has 2 aromatic rings. The van der Waals surface area contributed by atoms with Crippen LogP contribution in [0.3, 0.4) is 0 Å². The monoisotopic (exact) mass is 328 g/mol. The lowest BCUT2D eigenvalue weighted by atomic mass is 10.3. The van der Waals surface area contributed by atoms with Crippen LogP contribution in [-0.2, 0) is 20.0 Å². The molecule has 2 heterocycles. The molecule has 2 rings (SSSR count). The Bertz CT molecular complexity index is 532. The Hall–Kier alpha value is -0.720. The Morgan fingerprint density at radius 3 is 2.78 bits per heavy atom. The van der Waals surface area contributed by atoms with Crippen LogP contribution in [-0.4, -0.2) is 21.3 Å². The van der Waals surface area contributed by atoms with Crippen molar-refractivity contribution < 1.29 is 0 Å². The van der Waals surface area contributed by atoms with Crippen LogP contribution >= 0.6 is 27.3 Å². The van der Waals surface area contributed by atoms with E-state index in [0.29, 0.717) is 0 Å². The standard InChI is InChI=1S/C12H17BrN4S/c1-8-12(13)11(17(3)16-8)6-14-5-4-10-7-18-9(2)15-10/h7,14H,4-6H2,1-3H3. The number of hydrogen-bond acceptors (Lipinski definition) is 4. The van der Waals surface area contributed by atoms with Gasteiger partial charge in [0.1, 0.15) is 0 Å². The molecule has 0 saturated carbocycles. The SMILES string of the molecule is Cc1nc(CCNCc2c(Br)c(C)nn2C)cs1. The highest BCUT2D eigenvalue weighted by Gasteiger charge is 2.09. The van der Waals surface area contributed by atoms with Gasteiger partial charge in [0.05, 0.1) is 26.6 Å². The minimum atomic E-state index is 0.820. The minimum absolute atomic E-state index is 0.820. The molecular formula is C12H17BrN4S. The van der Waals surface area contributed by atoms with Gasteiger partial charge in [-0.15, -0.1) is 11.3 Å². The van der Waals surface area contributed by atoms with Gasteiger partial charge in [-0.1, -0.05) is 0 Å². The van der Waals surface area contributed by atoms with Gasteiger partial charge in [-0.2, -0.15) is 5.10 Å². The highest BCUT2D eigenvalue weighted by Crippen LogP contribution is 2.19. The van der Waals surface area contributed by atoms with Crippen molar-refractivity contribution in [3.63, 3.8) is 0 Å². The number of nitrogens with zero attached hydrogens (tertiary/aromatic N) is 3. The van der Waals surface area contributed by atoms with Crippen LogP contribution in [0.5, 0.6) is 0 Å². The summed E-state index contributed by atoms with van der Waals surface area (Å²) in [5.74, 6) is 0. The average Bonchev–Trinajstić information content (AvgIpc) is 2.82. The second-order valence-electron chi connectivity index (χ2n) is 4.25. The van der Waals surface area contributed by atoms with Crippen molar-refractivity contribution in [1.82, 2.24) is 20.1 Å². The van der Waals surface area contributed by atoms with E-state index < -0.39 is 0 Å². The van der Waals surface area contributed by atoms with Crippen molar-refractivity contribution in [3.05, 3.63) is 31.9 Å². The first-order valence-electron chi connectivity index (χ1n) is 5.87. The molecule has 0 aliphatic heterocycles. The second kappa shape index (κ2) is 5.95. The fraction of sp³-hybridized carbons (Fsp3) is 0.500. The van der Waals surface area contributed by atoms with Gasteiger partial charge < -0.3 is 5.32 Å². The van der Waals surface area contributed by atoms with Gasteiger partial charge in [0.25, 0.3) is 0 Å². The third-order valence-electron chi connectivity index (χ3n) is 2.78. The van der Waals surface area contributed by atoms with Gasteiger partial charge in [0.2, 0.25) is 0 Å². The van der Waals surface area contributed by atoms with E-state index in [9.17, 15) is 0 Å². The number of nitrogens with one attached hydrogen (secondary N) is 1. The van der Waals surface area contributed by atoms with Crippen molar-refractivity contribution in [1.29, 1.82) is 0 Å². The number of halogens is 1. The van der Waals surface area contributed by atoms with Crippen LogP contribution in [0.25, 0.3) is 0 Å². The first-order chi connectivity index (χ1) is 8.58. The zero-order valence-corrected chi connectivity index (χ0v) is 13.2. The normalized spacial score (nSPS) is 11.1. The van der Waals surface area contributed by atoms with E-state index in [1.807, 2.05) is 25.6 Å². The molecule has 0 aliphatic carbocycles. The number of thiazole rings is 1. The van der Waals surface area contributed by atoms with E-state index in [1.165, 1.54) is 11.4 Å². The summed E-state index contributed by atoms with van der Waals surface area (Å²) in [5.41, 5.74) is 3.39. The van der Waals surface area contributed by atoms with Crippen molar-refractivity contribution in [2.24, 2.45) is 7.05 Å². The predicted molar refractivity (Wildman–Crippen MR) is 77.9 cm³/mol. The molecular weight excluding hydrogens is 312 g/mol. The maximum Gasteiger partial charge on any atom is 0.0897 e. The molecule has 0 spiro atoms. The molecule has 18 heavy (non-hydrogen) atoms. The molecule has 4 nitrogen and oxygen atoms in total. The van der Waals surface area contributed by atoms with Crippen molar-refractivity contribution in [2.75, 3.05) is 6.54 Å². The maximum absolute atomic E-state index is 4.45. The van der Waals surface area contributed by atoms with Gasteiger partial charge >= 0.3 is 0 Å². The molecule has 0 aliphatic rings. The summed E-state index contributed by atoms with van der Waals surface area (Å²) >= 11 is 5.27. The van der Waals surface area contributed by atoms with Gasteiger partial charge in [0, 0.05) is 31.9 Å². The molecule has 0 radical (unpaired) electrons. The Kier molecular flexibility index (Phi) is 4.53. The predicted octanol–water partition coefficient (Wildman–Crippen LogP) is 2.59. The number of hydrogen-bond donors (Lipinski definition) is 1. The third kappa shape index (κ3) is 3.18. The van der Waals surface area contributed by atoms with Gasteiger partial charge in [-0.25, -0.2) is 4.98 Å². The Morgan fingerprint density at radius 2 is 2.22 bits per heavy atom. The molecule has 2 aromatic heterocycles. The van der Waals surface area contributed by atoms with Crippen LogP contribution in [0.1, 0.15) is 22.1 Å². The van der Waals surface area contributed by atoms with Crippen molar-refractivity contribution in [2.45, 2.75) is 26.8 Å². The third-order valence-corrected chi connectivity index (χ3v) is 4.63. The fourth-order valence-corrected chi connectivity index (χ4v) is 2.94. The topological polar surface area (TPSA) is 42.7 Å². The summed E-state index contributed by atoms with van der Waals surface area (Å²) in [5, 5.41) is 11.1. The van der Waals surface area contributed by atoms with Crippen molar-refractivity contribution >= 4 is 27.3 Å². The zero-order chi connectivity index (χ0) is 13.1. The van der Waals surface area contributed by atoms with Gasteiger partial charge in [-0.3, -0.25) is 4.68 Å². The Morgan fingerprint density at radius 1 is 1.44 bits per heavy atom. The largest absolute Gasteiger partial charge is 0.311 e. The maximum atomic E-state index is 4.45. The molecule has 0 atom stereocenters. The summed E-state index contributed by atoms with van der Waals surface area (Å²) in [4.78, 5) is 4.45. The molecule has 0 saturated heterocycles. The van der Waals surface area contributed by atoms with Crippen LogP contribution in [0.4, 0.5) is 0 Å². The van der Waals surface area contributed by atoms with Crippen LogP contribution < -0.4 is 5.32 Å². The quantitative estimate of drug-likeness (QED) is 0.858. The number of aromatic nitrogens is 3. The summed E-state index contributed by atoms with van der Waals surface area (Å²) in [6.45, 7) is 5.80. The molecule has 0 aromatic carbocycles. The lowest BCUT2D eigenvalue weighted by molar-refractivity contribution is 0.620. The molecule has 0 bridgehead atoms. The van der Waals surface area contributed by atoms with Gasteiger partial charge in [-0.05, 0) is 29.8 Å². The summed E-state index contributed by atoms with van der Waals surface area (Å²) < 4.78 is 3.02. The number of aryl methyl sites for hydroxylation is 3. The highest BCUT2D eigenvalue weighted by molar-refractivity contribution is 9.10. The minimum Gasteiger partial charge on any atom is -0.311 e. The highest BCUT2D eigenvalue weighted by atomic mass is 79.9.